The van der Waals surface area contributed by atoms with Crippen LogP contribution in [0.1, 0.15) is 44.0 Å². The summed E-state index contributed by atoms with van der Waals surface area (Å²) in [7, 11) is 0. The lowest BCUT2D eigenvalue weighted by molar-refractivity contribution is -0.116. The van der Waals surface area contributed by atoms with Gasteiger partial charge in [0.25, 0.3) is 5.91 Å². The maximum absolute atomic E-state index is 12.4. The average molecular weight is 419 g/mol. The van der Waals surface area contributed by atoms with Crippen molar-refractivity contribution in [1.82, 2.24) is 0 Å². The number of amides is 2. The van der Waals surface area contributed by atoms with Crippen LogP contribution in [0.5, 0.6) is 5.75 Å². The molecule has 0 saturated carbocycles. The van der Waals surface area contributed by atoms with Gasteiger partial charge in [0.1, 0.15) is 5.75 Å². The summed E-state index contributed by atoms with van der Waals surface area (Å²) in [6, 6.07) is 12.3. The van der Waals surface area contributed by atoms with Crippen molar-refractivity contribution in [3.63, 3.8) is 0 Å². The van der Waals surface area contributed by atoms with Crippen LogP contribution in [-0.4, -0.2) is 17.9 Å². The second-order valence-corrected chi connectivity index (χ2v) is 7.00. The normalized spacial score (nSPS) is 10.5. The highest BCUT2D eigenvalue weighted by molar-refractivity contribution is 9.10. The number of hydrogen-bond donors (Lipinski definition) is 2. The highest BCUT2D eigenvalue weighted by atomic mass is 79.9. The molecule has 2 aromatic rings. The van der Waals surface area contributed by atoms with E-state index < -0.39 is 0 Å². The molecule has 0 aliphatic rings. The molecule has 2 amide bonds. The van der Waals surface area contributed by atoms with E-state index in [-0.39, 0.29) is 17.9 Å². The van der Waals surface area contributed by atoms with E-state index in [1.54, 1.807) is 42.5 Å². The monoisotopic (exact) mass is 418 g/mol. The molecule has 0 atom stereocenters. The number of benzene rings is 2. The lowest BCUT2D eigenvalue weighted by Gasteiger charge is -2.12. The average Bonchev–Trinajstić information content (AvgIpc) is 2.58. The van der Waals surface area contributed by atoms with Gasteiger partial charge in [-0.15, -0.1) is 0 Å². The Balaban J connectivity index is 2.01. The molecule has 6 heteroatoms. The molecule has 0 unspecified atom stereocenters. The molecule has 0 fully saturated rings. The van der Waals surface area contributed by atoms with E-state index in [1.807, 2.05) is 20.8 Å². The van der Waals surface area contributed by atoms with Crippen LogP contribution in [0.4, 0.5) is 11.4 Å². The van der Waals surface area contributed by atoms with Gasteiger partial charge < -0.3 is 15.4 Å². The molecule has 0 bridgehead atoms. The van der Waals surface area contributed by atoms with Gasteiger partial charge >= 0.3 is 0 Å². The number of nitrogens with one attached hydrogen (secondary N) is 2. The minimum Gasteiger partial charge on any atom is -0.490 e. The van der Waals surface area contributed by atoms with Crippen LogP contribution in [0.3, 0.4) is 0 Å². The predicted molar refractivity (Wildman–Crippen MR) is 108 cm³/mol. The molecule has 0 aliphatic heterocycles. The Morgan fingerprint density at radius 2 is 1.65 bits per heavy atom. The van der Waals surface area contributed by atoms with Gasteiger partial charge in [-0.1, -0.05) is 6.92 Å². The second-order valence-electron chi connectivity index (χ2n) is 6.14. The zero-order valence-corrected chi connectivity index (χ0v) is 16.7. The van der Waals surface area contributed by atoms with E-state index in [0.717, 1.165) is 10.9 Å². The van der Waals surface area contributed by atoms with Crippen LogP contribution in [0.15, 0.2) is 46.9 Å². The second kappa shape index (κ2) is 9.38. The summed E-state index contributed by atoms with van der Waals surface area (Å²) in [6.07, 6.45) is 1.35. The van der Waals surface area contributed by atoms with Crippen molar-refractivity contribution >= 4 is 39.1 Å². The number of hydrogen-bond acceptors (Lipinski definition) is 3. The maximum Gasteiger partial charge on any atom is 0.255 e. The first-order valence-electron chi connectivity index (χ1n) is 8.56. The molecule has 2 N–H and O–H groups in total. The van der Waals surface area contributed by atoms with Gasteiger partial charge in [-0.3, -0.25) is 9.59 Å². The highest BCUT2D eigenvalue weighted by Gasteiger charge is 2.11. The summed E-state index contributed by atoms with van der Waals surface area (Å²) in [4.78, 5) is 24.0. The number of anilines is 2. The zero-order chi connectivity index (χ0) is 19.1. The summed E-state index contributed by atoms with van der Waals surface area (Å²) in [5.41, 5.74) is 1.88. The smallest absolute Gasteiger partial charge is 0.255 e. The molecule has 5 nitrogen and oxygen atoms in total. The molecule has 0 saturated heterocycles. The SMILES string of the molecule is CCCC(=O)Nc1ccc(NC(=O)c2ccc(OC(C)C)c(Br)c2)cc1. The Hall–Kier alpha value is -2.34. The van der Waals surface area contributed by atoms with Crippen LogP contribution < -0.4 is 15.4 Å². The Kier molecular flexibility index (Phi) is 7.21. The Morgan fingerprint density at radius 3 is 2.19 bits per heavy atom. The Morgan fingerprint density at radius 1 is 1.04 bits per heavy atom. The van der Waals surface area contributed by atoms with Crippen molar-refractivity contribution in [2.24, 2.45) is 0 Å². The summed E-state index contributed by atoms with van der Waals surface area (Å²) in [6.45, 7) is 5.85. The maximum atomic E-state index is 12.4. The molecular formula is C20H23BrN2O3. The molecule has 26 heavy (non-hydrogen) atoms. The summed E-state index contributed by atoms with van der Waals surface area (Å²) < 4.78 is 6.38. The van der Waals surface area contributed by atoms with E-state index in [2.05, 4.69) is 26.6 Å². The van der Waals surface area contributed by atoms with E-state index in [9.17, 15) is 9.59 Å². The summed E-state index contributed by atoms with van der Waals surface area (Å²) in [5.74, 6) is 0.464. The third kappa shape index (κ3) is 5.88. The molecule has 0 heterocycles. The van der Waals surface area contributed by atoms with Gasteiger partial charge in [0.05, 0.1) is 10.6 Å². The standard InChI is InChI=1S/C20H23BrN2O3/c1-4-5-19(24)22-15-7-9-16(10-8-15)23-20(25)14-6-11-18(17(21)12-14)26-13(2)3/h6-13H,4-5H2,1-3H3,(H,22,24)(H,23,25). The van der Waals surface area contributed by atoms with E-state index >= 15 is 0 Å². The van der Waals surface area contributed by atoms with E-state index in [4.69, 9.17) is 4.74 Å². The van der Waals surface area contributed by atoms with Crippen LogP contribution in [0.25, 0.3) is 0 Å². The van der Waals surface area contributed by atoms with Gasteiger partial charge in [0.15, 0.2) is 0 Å². The first-order chi connectivity index (χ1) is 12.4. The zero-order valence-electron chi connectivity index (χ0n) is 15.1. The van der Waals surface area contributed by atoms with Crippen molar-refractivity contribution in [3.05, 3.63) is 52.5 Å². The van der Waals surface area contributed by atoms with Crippen molar-refractivity contribution in [1.29, 1.82) is 0 Å². The van der Waals surface area contributed by atoms with Crippen LogP contribution in [-0.2, 0) is 4.79 Å². The third-order valence-electron chi connectivity index (χ3n) is 3.46. The van der Waals surface area contributed by atoms with Crippen LogP contribution in [0, 0.1) is 0 Å². The quantitative estimate of drug-likeness (QED) is 0.646. The highest BCUT2D eigenvalue weighted by Crippen LogP contribution is 2.27. The first-order valence-corrected chi connectivity index (χ1v) is 9.35. The molecule has 0 radical (unpaired) electrons. The van der Waals surface area contributed by atoms with E-state index in [0.29, 0.717) is 29.1 Å². The molecule has 0 aliphatic carbocycles. The molecule has 0 spiro atoms. The van der Waals surface area contributed by atoms with Crippen molar-refractivity contribution in [3.8, 4) is 5.75 Å². The minimum absolute atomic E-state index is 0.0159. The number of carbonyl (C=O) groups excluding carboxylic acids is 2. The molecule has 0 aromatic heterocycles. The number of carbonyl (C=O) groups is 2. The predicted octanol–water partition coefficient (Wildman–Crippen LogP) is 5.23. The largest absolute Gasteiger partial charge is 0.490 e. The number of ether oxygens (including phenoxy) is 1. The fourth-order valence-electron chi connectivity index (χ4n) is 2.28. The third-order valence-corrected chi connectivity index (χ3v) is 4.08. The van der Waals surface area contributed by atoms with E-state index in [1.165, 1.54) is 0 Å². The fraction of sp³-hybridized carbons (Fsp3) is 0.300. The van der Waals surface area contributed by atoms with Gasteiger partial charge in [0.2, 0.25) is 5.91 Å². The van der Waals surface area contributed by atoms with Gasteiger partial charge in [-0.05, 0) is 78.7 Å². The molecule has 138 valence electrons. The van der Waals surface area contributed by atoms with Gasteiger partial charge in [-0.2, -0.15) is 0 Å². The molecule has 2 aromatic carbocycles. The van der Waals surface area contributed by atoms with Crippen LogP contribution in [0.2, 0.25) is 0 Å². The summed E-state index contributed by atoms with van der Waals surface area (Å²) >= 11 is 3.43. The fourth-order valence-corrected chi connectivity index (χ4v) is 2.75. The Bertz CT molecular complexity index is 773. The minimum atomic E-state index is -0.218. The number of rotatable bonds is 7. The lowest BCUT2D eigenvalue weighted by Crippen LogP contribution is -2.13. The number of halogens is 1. The van der Waals surface area contributed by atoms with Gasteiger partial charge in [-0.25, -0.2) is 0 Å². The van der Waals surface area contributed by atoms with Gasteiger partial charge in [0, 0.05) is 23.4 Å². The summed E-state index contributed by atoms with van der Waals surface area (Å²) in [5, 5.41) is 5.65. The van der Waals surface area contributed by atoms with Crippen molar-refractivity contribution < 1.29 is 14.3 Å². The Labute approximate surface area is 162 Å². The first kappa shape index (κ1) is 20.0. The van der Waals surface area contributed by atoms with Crippen molar-refractivity contribution in [2.75, 3.05) is 10.6 Å². The topological polar surface area (TPSA) is 67.4 Å². The molecular weight excluding hydrogens is 396 g/mol. The molecule has 2 rings (SSSR count). The van der Waals surface area contributed by atoms with Crippen molar-refractivity contribution in [2.45, 2.75) is 39.7 Å². The lowest BCUT2D eigenvalue weighted by atomic mass is 10.2. The van der Waals surface area contributed by atoms with Crippen LogP contribution >= 0.6 is 15.9 Å².